The molecule has 1 aromatic heterocycles. The molecule has 0 aromatic carbocycles. The molecule has 4 heteroatoms. The molecule has 0 amide bonds. The molecule has 2 heterocycles. The first-order chi connectivity index (χ1) is 8.50. The van der Waals surface area contributed by atoms with Gasteiger partial charge in [0.2, 0.25) is 0 Å². The Kier molecular flexibility index (Phi) is 4.28. The third-order valence-electron chi connectivity index (χ3n) is 3.92. The van der Waals surface area contributed by atoms with Crippen LogP contribution in [-0.2, 0) is 6.61 Å². The van der Waals surface area contributed by atoms with Crippen LogP contribution in [-0.4, -0.2) is 23.2 Å². The molecule has 1 atom stereocenters. The van der Waals surface area contributed by atoms with E-state index >= 15 is 0 Å². The molecule has 0 bridgehead atoms. The maximum atomic E-state index is 9.11. The van der Waals surface area contributed by atoms with Crippen LogP contribution < -0.4 is 4.90 Å². The number of hydrogen-bond donors (Lipinski definition) is 1. The standard InChI is InChI=1S/C14H24N2OS/c1-14(2,3)11-5-4-7-16(8-6-11)13-15-9-12(10-17)18-13/h9,11,17H,4-8,10H2,1-3H3. The largest absolute Gasteiger partial charge is 0.391 e. The number of aliphatic hydroxyl groups is 1. The van der Waals surface area contributed by atoms with Crippen molar-refractivity contribution < 1.29 is 5.11 Å². The summed E-state index contributed by atoms with van der Waals surface area (Å²) in [6.07, 6.45) is 5.61. The first-order valence-corrected chi connectivity index (χ1v) is 7.63. The van der Waals surface area contributed by atoms with E-state index in [9.17, 15) is 0 Å². The van der Waals surface area contributed by atoms with Gasteiger partial charge in [-0.2, -0.15) is 0 Å². The van der Waals surface area contributed by atoms with Crippen LogP contribution >= 0.6 is 11.3 Å². The Bertz CT molecular complexity index is 383. The fraction of sp³-hybridized carbons (Fsp3) is 0.786. The van der Waals surface area contributed by atoms with Crippen LogP contribution in [0.1, 0.15) is 44.9 Å². The predicted molar refractivity (Wildman–Crippen MR) is 77.0 cm³/mol. The smallest absolute Gasteiger partial charge is 0.185 e. The molecule has 0 radical (unpaired) electrons. The summed E-state index contributed by atoms with van der Waals surface area (Å²) < 4.78 is 0. The van der Waals surface area contributed by atoms with E-state index in [0.29, 0.717) is 5.41 Å². The molecule has 2 rings (SSSR count). The molecular formula is C14H24N2OS. The molecule has 1 unspecified atom stereocenters. The number of aliphatic hydroxyl groups excluding tert-OH is 1. The van der Waals surface area contributed by atoms with Gasteiger partial charge in [0.1, 0.15) is 0 Å². The van der Waals surface area contributed by atoms with Crippen molar-refractivity contribution >= 4 is 16.5 Å². The second-order valence-electron chi connectivity index (χ2n) is 6.25. The lowest BCUT2D eigenvalue weighted by Gasteiger charge is -2.29. The van der Waals surface area contributed by atoms with Gasteiger partial charge in [0.25, 0.3) is 0 Å². The van der Waals surface area contributed by atoms with E-state index < -0.39 is 0 Å². The Labute approximate surface area is 114 Å². The molecule has 0 saturated carbocycles. The van der Waals surface area contributed by atoms with Crippen molar-refractivity contribution in [2.45, 2.75) is 46.6 Å². The second kappa shape index (κ2) is 5.57. The van der Waals surface area contributed by atoms with Crippen LogP contribution in [0.2, 0.25) is 0 Å². The average Bonchev–Trinajstić information content (AvgIpc) is 2.64. The van der Waals surface area contributed by atoms with Crippen LogP contribution in [0, 0.1) is 11.3 Å². The normalized spacial score (nSPS) is 22.0. The molecule has 1 N–H and O–H groups in total. The Morgan fingerprint density at radius 1 is 1.39 bits per heavy atom. The zero-order chi connectivity index (χ0) is 13.2. The number of rotatable bonds is 2. The van der Waals surface area contributed by atoms with E-state index in [2.05, 4.69) is 30.7 Å². The molecule has 1 aliphatic heterocycles. The highest BCUT2D eigenvalue weighted by Crippen LogP contribution is 2.35. The van der Waals surface area contributed by atoms with Gasteiger partial charge in [-0.3, -0.25) is 0 Å². The Morgan fingerprint density at radius 3 is 2.78 bits per heavy atom. The fourth-order valence-corrected chi connectivity index (χ4v) is 3.49. The number of hydrogen-bond acceptors (Lipinski definition) is 4. The van der Waals surface area contributed by atoms with Crippen molar-refractivity contribution in [1.29, 1.82) is 0 Å². The lowest BCUT2D eigenvalue weighted by molar-refractivity contribution is 0.220. The summed E-state index contributed by atoms with van der Waals surface area (Å²) in [5, 5.41) is 10.2. The molecule has 1 aromatic rings. The van der Waals surface area contributed by atoms with Crippen LogP contribution in [0.15, 0.2) is 6.20 Å². The maximum absolute atomic E-state index is 9.11. The first-order valence-electron chi connectivity index (χ1n) is 6.81. The minimum absolute atomic E-state index is 0.107. The van der Waals surface area contributed by atoms with E-state index in [1.54, 1.807) is 17.5 Å². The summed E-state index contributed by atoms with van der Waals surface area (Å²) in [6.45, 7) is 9.35. The van der Waals surface area contributed by atoms with Gasteiger partial charge in [-0.25, -0.2) is 4.98 Å². The zero-order valence-corrected chi connectivity index (χ0v) is 12.5. The maximum Gasteiger partial charge on any atom is 0.185 e. The number of aromatic nitrogens is 1. The third kappa shape index (κ3) is 3.23. The average molecular weight is 268 g/mol. The van der Waals surface area contributed by atoms with E-state index in [1.807, 2.05) is 0 Å². The van der Waals surface area contributed by atoms with Crippen LogP contribution in [0.5, 0.6) is 0 Å². The lowest BCUT2D eigenvalue weighted by atomic mass is 9.77. The Morgan fingerprint density at radius 2 is 2.17 bits per heavy atom. The minimum Gasteiger partial charge on any atom is -0.391 e. The van der Waals surface area contributed by atoms with Gasteiger partial charge in [-0.15, -0.1) is 0 Å². The van der Waals surface area contributed by atoms with Crippen LogP contribution in [0.25, 0.3) is 0 Å². The van der Waals surface area contributed by atoms with Crippen LogP contribution in [0.4, 0.5) is 5.13 Å². The van der Waals surface area contributed by atoms with Crippen molar-refractivity contribution in [3.63, 3.8) is 0 Å². The van der Waals surface area contributed by atoms with Gasteiger partial charge in [0, 0.05) is 19.3 Å². The third-order valence-corrected chi connectivity index (χ3v) is 4.96. The van der Waals surface area contributed by atoms with E-state index in [4.69, 9.17) is 5.11 Å². The Hall–Kier alpha value is -0.610. The van der Waals surface area contributed by atoms with Crippen molar-refractivity contribution in [3.8, 4) is 0 Å². The molecule has 1 saturated heterocycles. The Balaban J connectivity index is 2.00. The van der Waals surface area contributed by atoms with Gasteiger partial charge < -0.3 is 10.0 Å². The lowest BCUT2D eigenvalue weighted by Crippen LogP contribution is -2.25. The van der Waals surface area contributed by atoms with Crippen molar-refractivity contribution in [2.75, 3.05) is 18.0 Å². The van der Waals surface area contributed by atoms with Gasteiger partial charge in [-0.1, -0.05) is 32.1 Å². The summed E-state index contributed by atoms with van der Waals surface area (Å²) in [7, 11) is 0. The number of anilines is 1. The highest BCUT2D eigenvalue weighted by atomic mass is 32.1. The molecule has 0 aliphatic carbocycles. The van der Waals surface area contributed by atoms with Crippen LogP contribution in [0.3, 0.4) is 0 Å². The molecule has 1 aliphatic rings. The predicted octanol–water partition coefficient (Wildman–Crippen LogP) is 3.29. The van der Waals surface area contributed by atoms with Gasteiger partial charge in [-0.05, 0) is 30.6 Å². The number of nitrogens with zero attached hydrogens (tertiary/aromatic N) is 2. The van der Waals surface area contributed by atoms with Crippen molar-refractivity contribution in [1.82, 2.24) is 4.98 Å². The highest BCUT2D eigenvalue weighted by molar-refractivity contribution is 7.15. The van der Waals surface area contributed by atoms with E-state index in [1.165, 1.54) is 19.3 Å². The molecule has 102 valence electrons. The molecule has 0 spiro atoms. The summed E-state index contributed by atoms with van der Waals surface area (Å²) in [5.41, 5.74) is 0.412. The van der Waals surface area contributed by atoms with Crippen molar-refractivity contribution in [3.05, 3.63) is 11.1 Å². The minimum atomic E-state index is 0.107. The zero-order valence-electron chi connectivity index (χ0n) is 11.6. The summed E-state index contributed by atoms with van der Waals surface area (Å²) >= 11 is 1.62. The van der Waals surface area contributed by atoms with Gasteiger partial charge >= 0.3 is 0 Å². The fourth-order valence-electron chi connectivity index (χ4n) is 2.67. The summed E-state index contributed by atoms with van der Waals surface area (Å²) in [4.78, 5) is 7.77. The molecule has 1 fully saturated rings. The van der Waals surface area contributed by atoms with Gasteiger partial charge in [0.05, 0.1) is 11.5 Å². The summed E-state index contributed by atoms with van der Waals surface area (Å²) in [6, 6.07) is 0. The highest BCUT2D eigenvalue weighted by Gasteiger charge is 2.27. The molecule has 3 nitrogen and oxygen atoms in total. The molecular weight excluding hydrogens is 244 g/mol. The molecule has 18 heavy (non-hydrogen) atoms. The second-order valence-corrected chi connectivity index (χ2v) is 7.34. The summed E-state index contributed by atoms with van der Waals surface area (Å²) in [5.74, 6) is 0.805. The topological polar surface area (TPSA) is 36.4 Å². The van der Waals surface area contributed by atoms with Gasteiger partial charge in [0.15, 0.2) is 5.13 Å². The SMILES string of the molecule is CC(C)(C)C1CCCN(c2ncc(CO)s2)CC1. The first kappa shape index (κ1) is 13.8. The van der Waals surface area contributed by atoms with E-state index in [0.717, 1.165) is 29.0 Å². The van der Waals surface area contributed by atoms with E-state index in [-0.39, 0.29) is 6.61 Å². The number of thiazole rings is 1. The monoisotopic (exact) mass is 268 g/mol. The van der Waals surface area contributed by atoms with Crippen molar-refractivity contribution in [2.24, 2.45) is 11.3 Å². The quantitative estimate of drug-likeness (QED) is 0.894.